The Morgan fingerprint density at radius 3 is 2.25 bits per heavy atom. The summed E-state index contributed by atoms with van der Waals surface area (Å²) in [7, 11) is 0. The number of amides is 2. The van der Waals surface area contributed by atoms with Crippen molar-refractivity contribution >= 4 is 11.8 Å². The van der Waals surface area contributed by atoms with Gasteiger partial charge in [0.2, 0.25) is 11.8 Å². The predicted molar refractivity (Wildman–Crippen MR) is 75.0 cm³/mol. The first-order valence-corrected chi connectivity index (χ1v) is 7.77. The van der Waals surface area contributed by atoms with Crippen LogP contribution in [0.25, 0.3) is 0 Å². The molecular formula is C15H25FN2O2. The van der Waals surface area contributed by atoms with Crippen LogP contribution < -0.4 is 5.32 Å². The molecule has 114 valence electrons. The predicted octanol–water partition coefficient (Wildman–Crippen LogP) is 2.18. The topological polar surface area (TPSA) is 49.4 Å². The third-order valence-corrected chi connectivity index (χ3v) is 5.13. The quantitative estimate of drug-likeness (QED) is 0.860. The molecule has 0 aromatic heterocycles. The fourth-order valence-electron chi connectivity index (χ4n) is 3.81. The molecule has 2 fully saturated rings. The van der Waals surface area contributed by atoms with E-state index in [0.29, 0.717) is 25.7 Å². The van der Waals surface area contributed by atoms with E-state index in [-0.39, 0.29) is 18.4 Å². The van der Waals surface area contributed by atoms with E-state index in [9.17, 15) is 14.0 Å². The minimum absolute atomic E-state index is 0.0235. The molecule has 4 nitrogen and oxygen atoms in total. The van der Waals surface area contributed by atoms with Gasteiger partial charge in [-0.05, 0) is 25.7 Å². The number of hydrogen-bond acceptors (Lipinski definition) is 2. The SMILES string of the molecule is CCC1(CC)C(=O)NC2(CCCCC2)C(=O)N1CCF. The highest BCUT2D eigenvalue weighted by Crippen LogP contribution is 2.38. The Hall–Kier alpha value is -1.13. The monoisotopic (exact) mass is 284 g/mol. The number of rotatable bonds is 4. The molecule has 1 heterocycles. The lowest BCUT2D eigenvalue weighted by atomic mass is 9.74. The van der Waals surface area contributed by atoms with Crippen molar-refractivity contribution in [2.75, 3.05) is 13.2 Å². The first kappa shape index (κ1) is 15.3. The third-order valence-electron chi connectivity index (χ3n) is 5.13. The second kappa shape index (κ2) is 5.70. The summed E-state index contributed by atoms with van der Waals surface area (Å²) in [4.78, 5) is 27.1. The van der Waals surface area contributed by atoms with Crippen LogP contribution in [0, 0.1) is 0 Å². The number of carbonyl (C=O) groups is 2. The number of halogens is 1. The Morgan fingerprint density at radius 2 is 1.75 bits per heavy atom. The fourth-order valence-corrected chi connectivity index (χ4v) is 3.81. The van der Waals surface area contributed by atoms with E-state index in [4.69, 9.17) is 0 Å². The minimum atomic E-state index is -0.869. The van der Waals surface area contributed by atoms with Gasteiger partial charge in [0.25, 0.3) is 0 Å². The zero-order valence-electron chi connectivity index (χ0n) is 12.5. The van der Waals surface area contributed by atoms with Gasteiger partial charge in [0, 0.05) is 0 Å². The molecular weight excluding hydrogens is 259 g/mol. The Bertz CT molecular complexity index is 387. The van der Waals surface area contributed by atoms with E-state index >= 15 is 0 Å². The number of piperazine rings is 1. The smallest absolute Gasteiger partial charge is 0.249 e. The summed E-state index contributed by atoms with van der Waals surface area (Å²) in [5, 5.41) is 3.01. The Balaban J connectivity index is 2.38. The summed E-state index contributed by atoms with van der Waals surface area (Å²) >= 11 is 0. The second-order valence-corrected chi connectivity index (χ2v) is 5.98. The number of hydrogen-bond donors (Lipinski definition) is 1. The minimum Gasteiger partial charge on any atom is -0.340 e. The van der Waals surface area contributed by atoms with Crippen molar-refractivity contribution in [1.82, 2.24) is 10.2 Å². The molecule has 2 rings (SSSR count). The van der Waals surface area contributed by atoms with E-state index < -0.39 is 17.8 Å². The van der Waals surface area contributed by atoms with Crippen LogP contribution in [0.5, 0.6) is 0 Å². The van der Waals surface area contributed by atoms with Crippen molar-refractivity contribution in [2.45, 2.75) is 69.9 Å². The van der Waals surface area contributed by atoms with Gasteiger partial charge in [-0.1, -0.05) is 33.1 Å². The van der Waals surface area contributed by atoms with Crippen LogP contribution in [0.15, 0.2) is 0 Å². The Kier molecular flexibility index (Phi) is 4.35. The zero-order chi connectivity index (χ0) is 14.8. The van der Waals surface area contributed by atoms with Gasteiger partial charge in [0.1, 0.15) is 17.8 Å². The molecule has 0 bridgehead atoms. The standard InChI is InChI=1S/C15H25FN2O2/c1-3-15(4-2)12(19)17-14(8-6-5-7-9-14)13(20)18(15)11-10-16/h3-11H2,1-2H3,(H,17,19). The first-order chi connectivity index (χ1) is 9.56. The molecule has 5 heteroatoms. The molecule has 20 heavy (non-hydrogen) atoms. The van der Waals surface area contributed by atoms with E-state index in [2.05, 4.69) is 5.32 Å². The summed E-state index contributed by atoms with van der Waals surface area (Å²) in [6.45, 7) is 3.20. The average molecular weight is 284 g/mol. The van der Waals surface area contributed by atoms with E-state index in [1.54, 1.807) is 0 Å². The van der Waals surface area contributed by atoms with Crippen LogP contribution in [0.4, 0.5) is 4.39 Å². The lowest BCUT2D eigenvalue weighted by Gasteiger charge is -2.53. The van der Waals surface area contributed by atoms with Crippen LogP contribution >= 0.6 is 0 Å². The summed E-state index contributed by atoms with van der Waals surface area (Å²) < 4.78 is 12.9. The normalized spacial score (nSPS) is 24.9. The van der Waals surface area contributed by atoms with Crippen molar-refractivity contribution in [3.05, 3.63) is 0 Å². The van der Waals surface area contributed by atoms with Crippen LogP contribution in [-0.4, -0.2) is 41.0 Å². The molecule has 2 aliphatic rings. The summed E-state index contributed by atoms with van der Waals surface area (Å²) in [6, 6.07) is 0. The van der Waals surface area contributed by atoms with Gasteiger partial charge in [-0.2, -0.15) is 0 Å². The summed E-state index contributed by atoms with van der Waals surface area (Å²) in [5.41, 5.74) is -1.63. The lowest BCUT2D eigenvalue weighted by Crippen LogP contribution is -2.76. The molecule has 1 aliphatic carbocycles. The molecule has 1 aliphatic heterocycles. The highest BCUT2D eigenvalue weighted by atomic mass is 19.1. The maximum atomic E-state index is 12.9. The molecule has 0 atom stereocenters. The van der Waals surface area contributed by atoms with Gasteiger partial charge in [-0.25, -0.2) is 4.39 Å². The van der Waals surface area contributed by atoms with Crippen LogP contribution in [0.3, 0.4) is 0 Å². The average Bonchev–Trinajstić information content (AvgIpc) is 2.47. The van der Waals surface area contributed by atoms with Crippen LogP contribution in [-0.2, 0) is 9.59 Å². The van der Waals surface area contributed by atoms with Gasteiger partial charge < -0.3 is 10.2 Å². The van der Waals surface area contributed by atoms with Crippen molar-refractivity contribution in [3.63, 3.8) is 0 Å². The molecule has 0 aromatic carbocycles. The molecule has 0 aromatic rings. The van der Waals surface area contributed by atoms with E-state index in [0.717, 1.165) is 19.3 Å². The van der Waals surface area contributed by atoms with Crippen LogP contribution in [0.2, 0.25) is 0 Å². The van der Waals surface area contributed by atoms with Gasteiger partial charge in [-0.15, -0.1) is 0 Å². The van der Waals surface area contributed by atoms with Gasteiger partial charge in [0.05, 0.1) is 6.54 Å². The first-order valence-electron chi connectivity index (χ1n) is 7.77. The van der Waals surface area contributed by atoms with Crippen molar-refractivity contribution in [1.29, 1.82) is 0 Å². The third kappa shape index (κ3) is 2.11. The van der Waals surface area contributed by atoms with E-state index in [1.807, 2.05) is 13.8 Å². The fraction of sp³-hybridized carbons (Fsp3) is 0.867. The molecule has 0 radical (unpaired) electrons. The highest BCUT2D eigenvalue weighted by molar-refractivity contribution is 6.02. The molecule has 1 spiro atoms. The second-order valence-electron chi connectivity index (χ2n) is 5.98. The molecule has 2 amide bonds. The maximum Gasteiger partial charge on any atom is 0.249 e. The van der Waals surface area contributed by atoms with Crippen molar-refractivity contribution < 1.29 is 14.0 Å². The molecule has 1 saturated heterocycles. The van der Waals surface area contributed by atoms with Gasteiger partial charge in [0.15, 0.2) is 0 Å². The Morgan fingerprint density at radius 1 is 1.15 bits per heavy atom. The molecule has 0 unspecified atom stereocenters. The number of nitrogens with one attached hydrogen (secondary N) is 1. The van der Waals surface area contributed by atoms with E-state index in [1.165, 1.54) is 4.90 Å². The number of nitrogens with zero attached hydrogens (tertiary/aromatic N) is 1. The summed E-state index contributed by atoms with van der Waals surface area (Å²) in [5.74, 6) is -0.171. The summed E-state index contributed by atoms with van der Waals surface area (Å²) in [6.07, 6.45) is 5.41. The lowest BCUT2D eigenvalue weighted by molar-refractivity contribution is -0.166. The number of carbonyl (C=O) groups excluding carboxylic acids is 2. The van der Waals surface area contributed by atoms with Crippen LogP contribution in [0.1, 0.15) is 58.8 Å². The molecule has 1 saturated carbocycles. The van der Waals surface area contributed by atoms with Gasteiger partial charge >= 0.3 is 0 Å². The van der Waals surface area contributed by atoms with Crippen molar-refractivity contribution in [2.24, 2.45) is 0 Å². The largest absolute Gasteiger partial charge is 0.340 e. The molecule has 1 N–H and O–H groups in total. The Labute approximate surface area is 120 Å². The van der Waals surface area contributed by atoms with Crippen molar-refractivity contribution in [3.8, 4) is 0 Å². The zero-order valence-corrected chi connectivity index (χ0v) is 12.5. The maximum absolute atomic E-state index is 12.9. The number of alkyl halides is 1. The van der Waals surface area contributed by atoms with Gasteiger partial charge in [-0.3, -0.25) is 9.59 Å². The highest BCUT2D eigenvalue weighted by Gasteiger charge is 2.56.